The van der Waals surface area contributed by atoms with E-state index in [-0.39, 0.29) is 5.97 Å². The van der Waals surface area contributed by atoms with Crippen LogP contribution >= 0.6 is 0 Å². The highest BCUT2D eigenvalue weighted by Gasteiger charge is 2.15. The van der Waals surface area contributed by atoms with E-state index in [2.05, 4.69) is 21.9 Å². The number of likely N-dealkylation sites (tertiary alicyclic amines) is 1. The largest absolute Gasteiger partial charge is 0.467 e. The summed E-state index contributed by atoms with van der Waals surface area (Å²) in [7, 11) is 1.37. The van der Waals surface area contributed by atoms with Crippen molar-refractivity contribution in [1.29, 1.82) is 0 Å². The topological polar surface area (TPSA) is 54.7 Å². The average molecular weight is 280 g/mol. The molecule has 0 aliphatic carbocycles. The number of esters is 1. The van der Waals surface area contributed by atoms with Crippen molar-refractivity contribution in [1.82, 2.24) is 10.2 Å². The van der Waals surface area contributed by atoms with E-state index in [9.17, 15) is 4.79 Å². The fraction of sp³-hybridized carbons (Fsp3) is 0.667. The van der Waals surface area contributed by atoms with Crippen molar-refractivity contribution in [2.24, 2.45) is 5.92 Å². The molecule has 0 amide bonds. The van der Waals surface area contributed by atoms with Crippen LogP contribution < -0.4 is 5.32 Å². The van der Waals surface area contributed by atoms with Crippen molar-refractivity contribution >= 4 is 5.97 Å². The van der Waals surface area contributed by atoms with Gasteiger partial charge in [-0.05, 0) is 37.9 Å². The van der Waals surface area contributed by atoms with Gasteiger partial charge in [0.05, 0.1) is 19.2 Å². The maximum absolute atomic E-state index is 11.3. The van der Waals surface area contributed by atoms with Gasteiger partial charge in [0.15, 0.2) is 0 Å². The molecular weight excluding hydrogens is 256 g/mol. The second kappa shape index (κ2) is 7.45. The lowest BCUT2D eigenvalue weighted by Gasteiger charge is -2.30. The second-order valence-electron chi connectivity index (χ2n) is 5.49. The van der Waals surface area contributed by atoms with Crippen LogP contribution in [0.25, 0.3) is 0 Å². The van der Waals surface area contributed by atoms with E-state index in [1.165, 1.54) is 39.3 Å². The van der Waals surface area contributed by atoms with Gasteiger partial charge in [0, 0.05) is 13.1 Å². The molecule has 1 saturated heterocycles. The van der Waals surface area contributed by atoms with Gasteiger partial charge in [0.1, 0.15) is 12.0 Å². The number of ether oxygens (including phenoxy) is 1. The van der Waals surface area contributed by atoms with E-state index in [1.54, 1.807) is 6.07 Å². The molecule has 1 aromatic rings. The van der Waals surface area contributed by atoms with Crippen molar-refractivity contribution < 1.29 is 13.9 Å². The Balaban J connectivity index is 1.63. The first kappa shape index (κ1) is 15.1. The number of carbonyl (C=O) groups is 1. The monoisotopic (exact) mass is 280 g/mol. The zero-order valence-electron chi connectivity index (χ0n) is 12.4. The molecule has 5 nitrogen and oxygen atoms in total. The smallest absolute Gasteiger partial charge is 0.341 e. The van der Waals surface area contributed by atoms with E-state index in [0.29, 0.717) is 12.1 Å². The molecule has 1 fully saturated rings. The number of hydrogen-bond donors (Lipinski definition) is 1. The summed E-state index contributed by atoms with van der Waals surface area (Å²) in [6, 6.07) is 1.72. The van der Waals surface area contributed by atoms with Gasteiger partial charge >= 0.3 is 5.97 Å². The Labute approximate surface area is 120 Å². The van der Waals surface area contributed by atoms with Crippen molar-refractivity contribution in [3.63, 3.8) is 0 Å². The van der Waals surface area contributed by atoms with Gasteiger partial charge in [-0.2, -0.15) is 0 Å². The summed E-state index contributed by atoms with van der Waals surface area (Å²) in [6.07, 6.45) is 4.05. The Bertz CT molecular complexity index is 423. The quantitative estimate of drug-likeness (QED) is 0.637. The maximum Gasteiger partial charge on any atom is 0.341 e. The zero-order chi connectivity index (χ0) is 14.4. The lowest BCUT2D eigenvalue weighted by atomic mass is 9.99. The van der Waals surface area contributed by atoms with Crippen molar-refractivity contribution in [2.75, 3.05) is 33.3 Å². The lowest BCUT2D eigenvalue weighted by Crippen LogP contribution is -2.37. The first-order valence-electron chi connectivity index (χ1n) is 7.28. The van der Waals surface area contributed by atoms with Gasteiger partial charge in [0.25, 0.3) is 0 Å². The number of carbonyl (C=O) groups excluding carboxylic acids is 1. The third kappa shape index (κ3) is 4.35. The van der Waals surface area contributed by atoms with Crippen LogP contribution in [-0.2, 0) is 11.3 Å². The van der Waals surface area contributed by atoms with Crippen LogP contribution in [0.2, 0.25) is 0 Å². The predicted octanol–water partition coefficient (Wildman–Crippen LogP) is 1.89. The van der Waals surface area contributed by atoms with Crippen LogP contribution in [0.4, 0.5) is 0 Å². The Kier molecular flexibility index (Phi) is 5.61. The average Bonchev–Trinajstić information content (AvgIpc) is 2.93. The number of nitrogens with one attached hydrogen (secondary N) is 1. The minimum absolute atomic E-state index is 0.359. The standard InChI is InChI=1S/C15H24N2O3/c1-12-3-6-17(7-4-12)8-5-16-10-14-9-13(11-20-14)15(18)19-2/h9,11-12,16H,3-8,10H2,1-2H3. The molecule has 20 heavy (non-hydrogen) atoms. The molecule has 0 spiro atoms. The van der Waals surface area contributed by atoms with Crippen LogP contribution in [-0.4, -0.2) is 44.2 Å². The van der Waals surface area contributed by atoms with E-state index < -0.39 is 0 Å². The fourth-order valence-corrected chi connectivity index (χ4v) is 2.43. The lowest BCUT2D eigenvalue weighted by molar-refractivity contribution is 0.0600. The van der Waals surface area contributed by atoms with Gasteiger partial charge in [-0.15, -0.1) is 0 Å². The molecule has 0 saturated carbocycles. The maximum atomic E-state index is 11.3. The van der Waals surface area contributed by atoms with Crippen LogP contribution in [0.5, 0.6) is 0 Å². The Hall–Kier alpha value is -1.33. The number of furan rings is 1. The predicted molar refractivity (Wildman–Crippen MR) is 76.6 cm³/mol. The summed E-state index contributed by atoms with van der Waals surface area (Å²) in [5.41, 5.74) is 0.467. The van der Waals surface area contributed by atoms with Gasteiger partial charge in [-0.25, -0.2) is 4.79 Å². The van der Waals surface area contributed by atoms with E-state index in [4.69, 9.17) is 4.42 Å². The fourth-order valence-electron chi connectivity index (χ4n) is 2.43. The molecule has 0 unspecified atom stereocenters. The summed E-state index contributed by atoms with van der Waals surface area (Å²) in [6.45, 7) is 7.37. The summed E-state index contributed by atoms with van der Waals surface area (Å²) >= 11 is 0. The molecule has 1 N–H and O–H groups in total. The molecule has 0 aromatic carbocycles. The van der Waals surface area contributed by atoms with Crippen molar-refractivity contribution in [3.8, 4) is 0 Å². The second-order valence-corrected chi connectivity index (χ2v) is 5.49. The Morgan fingerprint density at radius 1 is 1.50 bits per heavy atom. The summed E-state index contributed by atoms with van der Waals surface area (Å²) in [5, 5.41) is 3.34. The minimum Gasteiger partial charge on any atom is -0.467 e. The number of piperidine rings is 1. The SMILES string of the molecule is COC(=O)c1coc(CNCCN2CCC(C)CC2)c1. The number of hydrogen-bond acceptors (Lipinski definition) is 5. The normalized spacial score (nSPS) is 17.3. The molecule has 0 radical (unpaired) electrons. The van der Waals surface area contributed by atoms with E-state index in [0.717, 1.165) is 24.8 Å². The first-order chi connectivity index (χ1) is 9.69. The molecule has 2 rings (SSSR count). The van der Waals surface area contributed by atoms with Crippen molar-refractivity contribution in [2.45, 2.75) is 26.3 Å². The van der Waals surface area contributed by atoms with Crippen LogP contribution in [0.1, 0.15) is 35.9 Å². The third-order valence-electron chi connectivity index (χ3n) is 3.86. The van der Waals surface area contributed by atoms with Crippen LogP contribution in [0, 0.1) is 5.92 Å². The van der Waals surface area contributed by atoms with E-state index in [1.807, 2.05) is 0 Å². The van der Waals surface area contributed by atoms with E-state index >= 15 is 0 Å². The molecule has 1 aliphatic rings. The number of rotatable bonds is 6. The Morgan fingerprint density at radius 2 is 2.25 bits per heavy atom. The summed E-state index contributed by atoms with van der Waals surface area (Å²) in [4.78, 5) is 13.8. The van der Waals surface area contributed by atoms with Gasteiger partial charge < -0.3 is 19.4 Å². The van der Waals surface area contributed by atoms with Crippen molar-refractivity contribution in [3.05, 3.63) is 23.7 Å². The molecule has 0 atom stereocenters. The van der Waals surface area contributed by atoms with Gasteiger partial charge in [0.2, 0.25) is 0 Å². The minimum atomic E-state index is -0.359. The summed E-state index contributed by atoms with van der Waals surface area (Å²) < 4.78 is 9.95. The molecule has 0 bridgehead atoms. The van der Waals surface area contributed by atoms with Gasteiger partial charge in [-0.3, -0.25) is 0 Å². The summed E-state index contributed by atoms with van der Waals surface area (Å²) in [5.74, 6) is 1.28. The zero-order valence-corrected chi connectivity index (χ0v) is 12.4. The molecule has 5 heteroatoms. The Morgan fingerprint density at radius 3 is 2.95 bits per heavy atom. The number of methoxy groups -OCH3 is 1. The third-order valence-corrected chi connectivity index (χ3v) is 3.86. The first-order valence-corrected chi connectivity index (χ1v) is 7.28. The van der Waals surface area contributed by atoms with Crippen LogP contribution in [0.15, 0.2) is 16.7 Å². The highest BCUT2D eigenvalue weighted by atomic mass is 16.5. The van der Waals surface area contributed by atoms with Gasteiger partial charge in [-0.1, -0.05) is 6.92 Å². The highest BCUT2D eigenvalue weighted by molar-refractivity contribution is 5.88. The molecule has 1 aromatic heterocycles. The molecule has 2 heterocycles. The number of nitrogens with zero attached hydrogens (tertiary/aromatic N) is 1. The highest BCUT2D eigenvalue weighted by Crippen LogP contribution is 2.15. The van der Waals surface area contributed by atoms with Crippen LogP contribution in [0.3, 0.4) is 0 Å². The molecule has 112 valence electrons. The molecular formula is C15H24N2O3. The molecule has 1 aliphatic heterocycles.